The van der Waals surface area contributed by atoms with Gasteiger partial charge in [-0.1, -0.05) is 50.0 Å². The van der Waals surface area contributed by atoms with Crippen LogP contribution < -0.4 is 5.32 Å². The second kappa shape index (κ2) is 12.1. The molecule has 7 heteroatoms. The zero-order valence-corrected chi connectivity index (χ0v) is 15.5. The molecule has 1 rings (SSSR count). The summed E-state index contributed by atoms with van der Waals surface area (Å²) in [7, 11) is 1.40. The molecule has 0 unspecified atom stereocenters. The average molecular weight is 385 g/mol. The van der Waals surface area contributed by atoms with E-state index >= 15 is 0 Å². The van der Waals surface area contributed by atoms with E-state index in [1.165, 1.54) is 19.2 Å². The Hall–Kier alpha value is -2.31. The highest BCUT2D eigenvalue weighted by Gasteiger charge is 2.38. The molecule has 1 aromatic carbocycles. The molecule has 0 heterocycles. The number of unbranched alkanes of at least 4 members (excludes halogenated alkanes) is 6. The Labute approximate surface area is 157 Å². The molecule has 0 bridgehead atoms. The highest BCUT2D eigenvalue weighted by Crippen LogP contribution is 2.19. The highest BCUT2D eigenvalue weighted by atomic mass is 19.4. The van der Waals surface area contributed by atoms with Crippen molar-refractivity contribution in [3.63, 3.8) is 0 Å². The molecule has 0 spiro atoms. The van der Waals surface area contributed by atoms with Gasteiger partial charge < -0.3 is 10.1 Å². The Morgan fingerprint density at radius 1 is 1.00 bits per heavy atom. The maximum atomic E-state index is 12.2. The first-order valence-electron chi connectivity index (χ1n) is 9.04. The lowest BCUT2D eigenvalue weighted by Crippen LogP contribution is -2.29. The lowest BCUT2D eigenvalue weighted by atomic mass is 10.1. The van der Waals surface area contributed by atoms with Gasteiger partial charge in [-0.25, -0.2) is 0 Å². The number of hydrogen-bond donors (Lipinski definition) is 1. The molecule has 0 saturated carbocycles. The normalized spacial score (nSPS) is 11.6. The number of carbonyl (C=O) groups is 2. The smallest absolute Gasteiger partial charge is 0.469 e. The molecule has 0 atom stereocenters. The highest BCUT2D eigenvalue weighted by molar-refractivity contribution is 5.94. The SMILES string of the molecule is COC(=O)CCCCCCCCC=Cc1ccc(NC(=O)C(F)(F)F)cc1. The number of ether oxygens (including phenoxy) is 1. The standard InChI is InChI=1S/C20H26F3NO3/c1-27-18(25)11-9-7-5-3-2-4-6-8-10-16-12-14-17(15-13-16)24-19(26)20(21,22)23/h8,10,12-15H,2-7,9,11H2,1H3,(H,24,26). The van der Waals surface area contributed by atoms with Gasteiger partial charge in [-0.2, -0.15) is 13.2 Å². The Bertz CT molecular complexity index is 610. The van der Waals surface area contributed by atoms with Crippen LogP contribution in [-0.2, 0) is 14.3 Å². The summed E-state index contributed by atoms with van der Waals surface area (Å²) in [5, 5.41) is 1.81. The van der Waals surface area contributed by atoms with Crippen LogP contribution in [-0.4, -0.2) is 25.2 Å². The zero-order chi connectivity index (χ0) is 20.1. The van der Waals surface area contributed by atoms with Crippen molar-refractivity contribution in [1.82, 2.24) is 0 Å². The van der Waals surface area contributed by atoms with E-state index in [0.29, 0.717) is 6.42 Å². The van der Waals surface area contributed by atoms with Crippen LogP contribution in [0.5, 0.6) is 0 Å². The van der Waals surface area contributed by atoms with E-state index in [0.717, 1.165) is 50.5 Å². The van der Waals surface area contributed by atoms with Crippen molar-refractivity contribution in [2.75, 3.05) is 12.4 Å². The van der Waals surface area contributed by atoms with Gasteiger partial charge in [-0.15, -0.1) is 0 Å². The van der Waals surface area contributed by atoms with Crippen LogP contribution in [0, 0.1) is 0 Å². The van der Waals surface area contributed by atoms with Crippen molar-refractivity contribution in [2.45, 2.75) is 57.5 Å². The summed E-state index contributed by atoms with van der Waals surface area (Å²) in [4.78, 5) is 21.8. The molecule has 0 aliphatic heterocycles. The monoisotopic (exact) mass is 385 g/mol. The number of esters is 1. The number of hydrogen-bond acceptors (Lipinski definition) is 3. The number of rotatable bonds is 11. The van der Waals surface area contributed by atoms with Gasteiger partial charge in [0.2, 0.25) is 0 Å². The van der Waals surface area contributed by atoms with Gasteiger partial charge in [0.25, 0.3) is 0 Å². The maximum Gasteiger partial charge on any atom is 0.471 e. The van der Waals surface area contributed by atoms with Gasteiger partial charge in [-0.3, -0.25) is 9.59 Å². The van der Waals surface area contributed by atoms with Crippen molar-refractivity contribution in [3.8, 4) is 0 Å². The first-order chi connectivity index (χ1) is 12.8. The fourth-order valence-corrected chi connectivity index (χ4v) is 2.44. The zero-order valence-electron chi connectivity index (χ0n) is 15.5. The number of amides is 1. The van der Waals surface area contributed by atoms with Crippen molar-refractivity contribution < 1.29 is 27.5 Å². The van der Waals surface area contributed by atoms with Crippen molar-refractivity contribution in [1.29, 1.82) is 0 Å². The lowest BCUT2D eigenvalue weighted by Gasteiger charge is -2.07. The van der Waals surface area contributed by atoms with E-state index in [-0.39, 0.29) is 11.7 Å². The van der Waals surface area contributed by atoms with Crippen LogP contribution in [0.1, 0.15) is 56.9 Å². The molecule has 0 aromatic heterocycles. The summed E-state index contributed by atoms with van der Waals surface area (Å²) in [5.74, 6) is -2.13. The molecule has 27 heavy (non-hydrogen) atoms. The van der Waals surface area contributed by atoms with Gasteiger partial charge in [0, 0.05) is 12.1 Å². The number of methoxy groups -OCH3 is 1. The molecule has 0 radical (unpaired) electrons. The van der Waals surface area contributed by atoms with Crippen LogP contribution >= 0.6 is 0 Å². The number of allylic oxidation sites excluding steroid dienone is 1. The Morgan fingerprint density at radius 3 is 2.19 bits per heavy atom. The average Bonchev–Trinajstić information content (AvgIpc) is 2.63. The van der Waals surface area contributed by atoms with Gasteiger partial charge in [0.05, 0.1) is 7.11 Å². The summed E-state index contributed by atoms with van der Waals surface area (Å²) < 4.78 is 41.1. The molecule has 1 N–H and O–H groups in total. The van der Waals surface area contributed by atoms with Crippen LogP contribution in [0.3, 0.4) is 0 Å². The third-order valence-electron chi connectivity index (χ3n) is 3.97. The van der Waals surface area contributed by atoms with E-state index in [2.05, 4.69) is 4.74 Å². The summed E-state index contributed by atoms with van der Waals surface area (Å²) in [6, 6.07) is 6.20. The van der Waals surface area contributed by atoms with Gasteiger partial charge in [0.15, 0.2) is 0 Å². The predicted molar refractivity (Wildman–Crippen MR) is 99.1 cm³/mol. The Balaban J connectivity index is 2.15. The summed E-state index contributed by atoms with van der Waals surface area (Å²) >= 11 is 0. The molecular weight excluding hydrogens is 359 g/mol. The minimum absolute atomic E-state index is 0.113. The Kier molecular flexibility index (Phi) is 10.2. The minimum atomic E-state index is -4.89. The molecule has 0 aliphatic rings. The largest absolute Gasteiger partial charge is 0.471 e. The summed E-state index contributed by atoms with van der Waals surface area (Å²) in [6.07, 6.45) is 6.76. The predicted octanol–water partition coefficient (Wildman–Crippen LogP) is 5.49. The quantitative estimate of drug-likeness (QED) is 0.404. The Morgan fingerprint density at radius 2 is 1.59 bits per heavy atom. The van der Waals surface area contributed by atoms with Crippen LogP contribution in [0.25, 0.3) is 6.08 Å². The maximum absolute atomic E-state index is 12.2. The fourth-order valence-electron chi connectivity index (χ4n) is 2.44. The lowest BCUT2D eigenvalue weighted by molar-refractivity contribution is -0.167. The molecule has 4 nitrogen and oxygen atoms in total. The summed E-state index contributed by atoms with van der Waals surface area (Å²) in [6.45, 7) is 0. The molecular formula is C20H26F3NO3. The first kappa shape index (κ1) is 22.7. The molecule has 0 fully saturated rings. The second-order valence-electron chi connectivity index (χ2n) is 6.21. The van der Waals surface area contributed by atoms with Gasteiger partial charge in [0.1, 0.15) is 0 Å². The third kappa shape index (κ3) is 10.4. The molecule has 150 valence electrons. The number of nitrogens with one attached hydrogen (secondary N) is 1. The van der Waals surface area contributed by atoms with Crippen molar-refractivity contribution >= 4 is 23.6 Å². The summed E-state index contributed by atoms with van der Waals surface area (Å²) in [5.41, 5.74) is 0.976. The van der Waals surface area contributed by atoms with Gasteiger partial charge >= 0.3 is 18.1 Å². The fraction of sp³-hybridized carbons (Fsp3) is 0.500. The van der Waals surface area contributed by atoms with E-state index < -0.39 is 12.1 Å². The van der Waals surface area contributed by atoms with Crippen molar-refractivity contribution in [3.05, 3.63) is 35.9 Å². The topological polar surface area (TPSA) is 55.4 Å². The van der Waals surface area contributed by atoms with E-state index in [1.807, 2.05) is 17.5 Å². The molecule has 0 aliphatic carbocycles. The number of benzene rings is 1. The number of anilines is 1. The molecule has 1 aromatic rings. The number of carbonyl (C=O) groups excluding carboxylic acids is 2. The second-order valence-corrected chi connectivity index (χ2v) is 6.21. The number of halogens is 3. The third-order valence-corrected chi connectivity index (χ3v) is 3.97. The molecule has 1 amide bonds. The first-order valence-corrected chi connectivity index (χ1v) is 9.04. The van der Waals surface area contributed by atoms with Crippen molar-refractivity contribution in [2.24, 2.45) is 0 Å². The molecule has 0 saturated heterocycles. The van der Waals surface area contributed by atoms with E-state index in [1.54, 1.807) is 12.1 Å². The number of alkyl halides is 3. The van der Waals surface area contributed by atoms with Crippen LogP contribution in [0.2, 0.25) is 0 Å². The van der Waals surface area contributed by atoms with E-state index in [9.17, 15) is 22.8 Å². The minimum Gasteiger partial charge on any atom is -0.469 e. The van der Waals surface area contributed by atoms with Crippen LogP contribution in [0.4, 0.5) is 18.9 Å². The van der Waals surface area contributed by atoms with Gasteiger partial charge in [-0.05, 0) is 37.0 Å². The van der Waals surface area contributed by atoms with Crippen LogP contribution in [0.15, 0.2) is 30.3 Å². The van der Waals surface area contributed by atoms with E-state index in [4.69, 9.17) is 0 Å².